The van der Waals surface area contributed by atoms with Crippen LogP contribution in [-0.4, -0.2) is 26.7 Å². The van der Waals surface area contributed by atoms with Gasteiger partial charge in [-0.15, -0.1) is 10.2 Å². The second-order valence-corrected chi connectivity index (χ2v) is 6.70. The Bertz CT molecular complexity index is 488. The van der Waals surface area contributed by atoms with E-state index in [-0.39, 0.29) is 23.4 Å². The maximum absolute atomic E-state index is 12.1. The van der Waals surface area contributed by atoms with Gasteiger partial charge in [0.1, 0.15) is 5.82 Å². The molecule has 0 spiro atoms. The summed E-state index contributed by atoms with van der Waals surface area (Å²) in [6.45, 7) is 9.01. The molecule has 1 aliphatic heterocycles. The number of carbonyl (C=O) groups excluding carboxylic acids is 1. The van der Waals surface area contributed by atoms with E-state index in [4.69, 9.17) is 5.73 Å². The summed E-state index contributed by atoms with van der Waals surface area (Å²) in [5.41, 5.74) is 5.97. The second-order valence-electron chi connectivity index (χ2n) is 6.70. The van der Waals surface area contributed by atoms with Crippen LogP contribution >= 0.6 is 0 Å². The van der Waals surface area contributed by atoms with Crippen molar-refractivity contribution >= 4 is 5.91 Å². The zero-order valence-corrected chi connectivity index (χ0v) is 12.8. The Hall–Kier alpha value is -1.43. The summed E-state index contributed by atoms with van der Waals surface area (Å²) in [6.07, 6.45) is 2.41. The van der Waals surface area contributed by atoms with Gasteiger partial charge in [0, 0.05) is 25.4 Å². The first-order chi connectivity index (χ1) is 9.29. The van der Waals surface area contributed by atoms with Gasteiger partial charge in [0.25, 0.3) is 0 Å². The lowest BCUT2D eigenvalue weighted by atomic mass is 9.85. The van der Waals surface area contributed by atoms with Crippen LogP contribution in [0.4, 0.5) is 0 Å². The SMILES string of the molecule is CC(NC(=O)CC(N)C(C)(C)C)c1nnc2n1CCC2. The highest BCUT2D eigenvalue weighted by Crippen LogP contribution is 2.21. The van der Waals surface area contributed by atoms with Crippen LogP contribution in [0.2, 0.25) is 0 Å². The van der Waals surface area contributed by atoms with Crippen molar-refractivity contribution in [3.8, 4) is 0 Å². The molecule has 1 aromatic heterocycles. The Balaban J connectivity index is 1.94. The number of rotatable bonds is 4. The van der Waals surface area contributed by atoms with E-state index < -0.39 is 0 Å². The molecule has 2 heterocycles. The standard InChI is InChI=1S/C14H25N5O/c1-9(13-18-17-11-6-5-7-19(11)13)16-12(20)8-10(15)14(2,3)4/h9-10H,5-8,15H2,1-4H3,(H,16,20). The van der Waals surface area contributed by atoms with E-state index in [1.165, 1.54) is 0 Å². The van der Waals surface area contributed by atoms with E-state index in [1.807, 2.05) is 27.7 Å². The third-order valence-corrected chi connectivity index (χ3v) is 3.92. The van der Waals surface area contributed by atoms with E-state index in [9.17, 15) is 4.79 Å². The van der Waals surface area contributed by atoms with Gasteiger partial charge in [-0.25, -0.2) is 0 Å². The quantitative estimate of drug-likeness (QED) is 0.866. The third-order valence-electron chi connectivity index (χ3n) is 3.92. The van der Waals surface area contributed by atoms with Gasteiger partial charge in [-0.2, -0.15) is 0 Å². The van der Waals surface area contributed by atoms with E-state index in [2.05, 4.69) is 20.1 Å². The Kier molecular flexibility index (Phi) is 4.13. The second kappa shape index (κ2) is 5.52. The molecule has 6 nitrogen and oxygen atoms in total. The summed E-state index contributed by atoms with van der Waals surface area (Å²) >= 11 is 0. The molecule has 0 fully saturated rings. The highest BCUT2D eigenvalue weighted by atomic mass is 16.1. The summed E-state index contributed by atoms with van der Waals surface area (Å²) in [5.74, 6) is 1.83. The lowest BCUT2D eigenvalue weighted by Gasteiger charge is -2.27. The van der Waals surface area contributed by atoms with Crippen molar-refractivity contribution in [1.29, 1.82) is 0 Å². The van der Waals surface area contributed by atoms with Gasteiger partial charge in [0.15, 0.2) is 5.82 Å². The van der Waals surface area contributed by atoms with Gasteiger partial charge in [-0.1, -0.05) is 20.8 Å². The lowest BCUT2D eigenvalue weighted by Crippen LogP contribution is -2.40. The molecule has 2 atom stereocenters. The number of nitrogens with two attached hydrogens (primary N) is 1. The number of amides is 1. The summed E-state index contributed by atoms with van der Waals surface area (Å²) < 4.78 is 2.11. The predicted octanol–water partition coefficient (Wildman–Crippen LogP) is 1.16. The maximum Gasteiger partial charge on any atom is 0.222 e. The monoisotopic (exact) mass is 279 g/mol. The summed E-state index contributed by atoms with van der Waals surface area (Å²) in [6, 6.07) is -0.284. The molecule has 3 N–H and O–H groups in total. The maximum atomic E-state index is 12.1. The number of hydrogen-bond acceptors (Lipinski definition) is 4. The van der Waals surface area contributed by atoms with Crippen LogP contribution in [0.5, 0.6) is 0 Å². The molecular formula is C14H25N5O. The molecule has 112 valence electrons. The number of fused-ring (bicyclic) bond motifs is 1. The van der Waals surface area contributed by atoms with Crippen LogP contribution < -0.4 is 11.1 Å². The Morgan fingerprint density at radius 2 is 2.15 bits per heavy atom. The topological polar surface area (TPSA) is 85.8 Å². The molecule has 2 unspecified atom stereocenters. The number of hydrogen-bond donors (Lipinski definition) is 2. The van der Waals surface area contributed by atoms with Gasteiger partial charge in [-0.3, -0.25) is 4.79 Å². The Morgan fingerprint density at radius 3 is 2.80 bits per heavy atom. The van der Waals surface area contributed by atoms with Gasteiger partial charge in [-0.05, 0) is 18.8 Å². The van der Waals surface area contributed by atoms with Gasteiger partial charge < -0.3 is 15.6 Å². The van der Waals surface area contributed by atoms with E-state index >= 15 is 0 Å². The molecule has 20 heavy (non-hydrogen) atoms. The molecule has 0 aromatic carbocycles. The zero-order chi connectivity index (χ0) is 14.9. The zero-order valence-electron chi connectivity index (χ0n) is 12.8. The highest BCUT2D eigenvalue weighted by molar-refractivity contribution is 5.77. The molecule has 0 aliphatic carbocycles. The third kappa shape index (κ3) is 3.17. The average Bonchev–Trinajstić information content (AvgIpc) is 2.87. The van der Waals surface area contributed by atoms with Gasteiger partial charge in [0.05, 0.1) is 6.04 Å². The molecule has 1 amide bonds. The number of nitrogens with one attached hydrogen (secondary N) is 1. The van der Waals surface area contributed by atoms with Gasteiger partial charge >= 0.3 is 0 Å². The van der Waals surface area contributed by atoms with Crippen molar-refractivity contribution in [1.82, 2.24) is 20.1 Å². The summed E-state index contributed by atoms with van der Waals surface area (Å²) in [5, 5.41) is 11.3. The molecule has 6 heteroatoms. The van der Waals surface area contributed by atoms with E-state index in [1.54, 1.807) is 0 Å². The van der Waals surface area contributed by atoms with Crippen LogP contribution in [0.15, 0.2) is 0 Å². The largest absolute Gasteiger partial charge is 0.346 e. The fourth-order valence-electron chi connectivity index (χ4n) is 2.36. The van der Waals surface area contributed by atoms with Crippen molar-refractivity contribution < 1.29 is 4.79 Å². The summed E-state index contributed by atoms with van der Waals surface area (Å²) in [7, 11) is 0. The Morgan fingerprint density at radius 1 is 1.45 bits per heavy atom. The molecular weight excluding hydrogens is 254 g/mol. The predicted molar refractivity (Wildman–Crippen MR) is 76.9 cm³/mol. The first-order valence-corrected chi connectivity index (χ1v) is 7.26. The van der Waals surface area contributed by atoms with Crippen LogP contribution in [0.3, 0.4) is 0 Å². The first kappa shape index (κ1) is 15.0. The van der Waals surface area contributed by atoms with Crippen molar-refractivity contribution in [2.45, 2.75) is 65.6 Å². The molecule has 0 saturated carbocycles. The smallest absolute Gasteiger partial charge is 0.222 e. The average molecular weight is 279 g/mol. The fraction of sp³-hybridized carbons (Fsp3) is 0.786. The van der Waals surface area contributed by atoms with Crippen molar-refractivity contribution in [3.63, 3.8) is 0 Å². The molecule has 1 aliphatic rings. The van der Waals surface area contributed by atoms with Crippen LogP contribution in [-0.2, 0) is 17.8 Å². The number of carbonyl (C=O) groups is 1. The van der Waals surface area contributed by atoms with Crippen LogP contribution in [0, 0.1) is 5.41 Å². The van der Waals surface area contributed by atoms with Crippen molar-refractivity contribution in [2.24, 2.45) is 11.1 Å². The highest BCUT2D eigenvalue weighted by Gasteiger charge is 2.26. The number of nitrogens with zero attached hydrogens (tertiary/aromatic N) is 3. The van der Waals surface area contributed by atoms with Crippen molar-refractivity contribution in [3.05, 3.63) is 11.6 Å². The van der Waals surface area contributed by atoms with Crippen LogP contribution in [0.1, 0.15) is 58.2 Å². The molecule has 1 aromatic rings. The molecule has 0 bridgehead atoms. The normalized spacial score (nSPS) is 17.6. The van der Waals surface area contributed by atoms with E-state index in [0.717, 1.165) is 31.0 Å². The first-order valence-electron chi connectivity index (χ1n) is 7.26. The minimum absolute atomic E-state index is 0.0322. The van der Waals surface area contributed by atoms with Crippen molar-refractivity contribution in [2.75, 3.05) is 0 Å². The lowest BCUT2D eigenvalue weighted by molar-refractivity contribution is -0.122. The Labute approximate surface area is 120 Å². The number of aromatic nitrogens is 3. The minimum Gasteiger partial charge on any atom is -0.346 e. The number of aryl methyl sites for hydroxylation is 1. The van der Waals surface area contributed by atoms with E-state index in [0.29, 0.717) is 6.42 Å². The molecule has 0 saturated heterocycles. The van der Waals surface area contributed by atoms with Crippen LogP contribution in [0.25, 0.3) is 0 Å². The molecule has 2 rings (SSSR count). The van der Waals surface area contributed by atoms with Gasteiger partial charge in [0.2, 0.25) is 5.91 Å². The minimum atomic E-state index is -0.154. The fourth-order valence-corrected chi connectivity index (χ4v) is 2.36. The summed E-state index contributed by atoms with van der Waals surface area (Å²) in [4.78, 5) is 12.1. The molecule has 0 radical (unpaired) electrons.